The average molecular weight is 432 g/mol. The number of hydrazine groups is 1. The van der Waals surface area contributed by atoms with E-state index in [0.29, 0.717) is 24.5 Å². The van der Waals surface area contributed by atoms with E-state index in [0.717, 1.165) is 22.4 Å². The highest BCUT2D eigenvalue weighted by Gasteiger charge is 2.33. The van der Waals surface area contributed by atoms with Crippen molar-refractivity contribution in [3.63, 3.8) is 0 Å². The predicted octanol–water partition coefficient (Wildman–Crippen LogP) is 1.74. The third-order valence-electron chi connectivity index (χ3n) is 6.10. The molecule has 9 nitrogen and oxygen atoms in total. The van der Waals surface area contributed by atoms with Gasteiger partial charge in [-0.25, -0.2) is 4.98 Å². The molecule has 2 aliphatic rings. The normalized spacial score (nSPS) is 22.5. The van der Waals surface area contributed by atoms with Gasteiger partial charge in [0.05, 0.1) is 29.7 Å². The number of pyridine rings is 2. The smallest absolute Gasteiger partial charge is 0.274 e. The van der Waals surface area contributed by atoms with Crippen LogP contribution in [0.25, 0.3) is 16.7 Å². The van der Waals surface area contributed by atoms with Gasteiger partial charge in [-0.05, 0) is 36.4 Å². The van der Waals surface area contributed by atoms with Crippen molar-refractivity contribution < 1.29 is 9.90 Å². The number of hydrogen-bond acceptors (Lipinski definition) is 7. The van der Waals surface area contributed by atoms with Gasteiger partial charge in [0.25, 0.3) is 5.91 Å². The first-order chi connectivity index (χ1) is 15.5. The zero-order valence-corrected chi connectivity index (χ0v) is 17.6. The van der Waals surface area contributed by atoms with Crippen LogP contribution in [0.15, 0.2) is 61.1 Å². The largest absolute Gasteiger partial charge is 0.391 e. The Bertz CT molecular complexity index is 1230. The number of hydrogen-bond donors (Lipinski definition) is 4. The summed E-state index contributed by atoms with van der Waals surface area (Å²) in [5, 5.41) is 14.3. The Morgan fingerprint density at radius 3 is 2.84 bits per heavy atom. The molecule has 5 N–H and O–H groups in total. The summed E-state index contributed by atoms with van der Waals surface area (Å²) in [6, 6.07) is 7.17. The molecule has 0 unspecified atom stereocenters. The number of rotatable bonds is 5. The lowest BCUT2D eigenvalue weighted by molar-refractivity contribution is 0.0643. The van der Waals surface area contributed by atoms with Crippen molar-refractivity contribution >= 4 is 34.0 Å². The second-order valence-corrected chi connectivity index (χ2v) is 8.24. The summed E-state index contributed by atoms with van der Waals surface area (Å²) in [4.78, 5) is 24.0. The topological polar surface area (TPSA) is 121 Å². The number of aromatic nitrogens is 3. The third kappa shape index (κ3) is 3.56. The number of carbonyl (C=O) groups excluding carboxylic acids is 1. The van der Waals surface area contributed by atoms with Crippen molar-refractivity contribution in [2.24, 2.45) is 11.8 Å². The fourth-order valence-electron chi connectivity index (χ4n) is 4.25. The summed E-state index contributed by atoms with van der Waals surface area (Å²) >= 11 is 0. The van der Waals surface area contributed by atoms with Gasteiger partial charge in [-0.2, -0.15) is 0 Å². The van der Waals surface area contributed by atoms with Gasteiger partial charge in [0.2, 0.25) is 0 Å². The quantitative estimate of drug-likeness (QED) is 0.359. The van der Waals surface area contributed by atoms with Gasteiger partial charge in [0.15, 0.2) is 0 Å². The molecule has 9 heteroatoms. The van der Waals surface area contributed by atoms with Crippen LogP contribution in [0.4, 0.5) is 11.4 Å². The first kappa shape index (κ1) is 20.4. The highest BCUT2D eigenvalue weighted by molar-refractivity contribution is 6.05. The van der Waals surface area contributed by atoms with Crippen molar-refractivity contribution in [1.29, 1.82) is 0 Å². The number of amides is 1. The summed E-state index contributed by atoms with van der Waals surface area (Å²) in [6.45, 7) is 3.11. The Balaban J connectivity index is 1.41. The maximum atomic E-state index is 13.1. The van der Waals surface area contributed by atoms with Crippen LogP contribution in [0.2, 0.25) is 0 Å². The molecule has 0 bridgehead atoms. The molecular weight excluding hydrogens is 406 g/mol. The Kier molecular flexibility index (Phi) is 5.22. The number of piperidine rings is 1. The zero-order valence-electron chi connectivity index (χ0n) is 17.6. The molecule has 0 aromatic carbocycles. The molecule has 1 aliphatic carbocycles. The summed E-state index contributed by atoms with van der Waals surface area (Å²) in [7, 11) is 0. The molecule has 32 heavy (non-hydrogen) atoms. The van der Waals surface area contributed by atoms with Crippen molar-refractivity contribution in [2.75, 3.05) is 23.3 Å². The van der Waals surface area contributed by atoms with Crippen LogP contribution >= 0.6 is 0 Å². The van der Waals surface area contributed by atoms with Crippen LogP contribution in [0.3, 0.4) is 0 Å². The standard InChI is InChI=1S/C23H25N7O2/c1-14-12-29(13-19(28-24)21(14)31)20-7-9-25-11-18(20)27-23(32)17-6-5-15-8-10-30(22(15)26-17)16-3-2-4-16/h2-11,14,19,21,28,31H,12-13,24H2,1H3,(H,27,32)/t14-,19+,21+/m0/s1. The minimum Gasteiger partial charge on any atom is -0.391 e. The summed E-state index contributed by atoms with van der Waals surface area (Å²) in [5.74, 6) is 5.33. The van der Waals surface area contributed by atoms with Crippen LogP contribution in [-0.2, 0) is 0 Å². The number of allylic oxidation sites excluding steroid dienone is 4. The van der Waals surface area contributed by atoms with E-state index >= 15 is 0 Å². The molecule has 3 aromatic rings. The van der Waals surface area contributed by atoms with Gasteiger partial charge < -0.3 is 19.9 Å². The second-order valence-electron chi connectivity index (χ2n) is 8.24. The highest BCUT2D eigenvalue weighted by Crippen LogP contribution is 2.30. The third-order valence-corrected chi connectivity index (χ3v) is 6.10. The minimum atomic E-state index is -0.538. The summed E-state index contributed by atoms with van der Waals surface area (Å²) < 4.78 is 1.96. The summed E-state index contributed by atoms with van der Waals surface area (Å²) in [6.07, 6.45) is 10.7. The van der Waals surface area contributed by atoms with E-state index in [1.54, 1.807) is 18.5 Å². The van der Waals surface area contributed by atoms with Gasteiger partial charge in [-0.15, -0.1) is 0 Å². The van der Waals surface area contributed by atoms with Crippen LogP contribution in [-0.4, -0.2) is 50.8 Å². The number of nitrogens with two attached hydrogens (primary N) is 1. The maximum Gasteiger partial charge on any atom is 0.274 e. The maximum absolute atomic E-state index is 13.1. The van der Waals surface area contributed by atoms with E-state index in [4.69, 9.17) is 5.84 Å². The van der Waals surface area contributed by atoms with E-state index in [1.807, 2.05) is 54.1 Å². The number of carbonyl (C=O) groups is 1. The number of nitrogens with one attached hydrogen (secondary N) is 2. The molecule has 0 spiro atoms. The first-order valence-corrected chi connectivity index (χ1v) is 10.6. The van der Waals surface area contributed by atoms with Gasteiger partial charge in [-0.1, -0.05) is 13.0 Å². The van der Waals surface area contributed by atoms with Gasteiger partial charge in [0, 0.05) is 42.5 Å². The Morgan fingerprint density at radius 1 is 1.25 bits per heavy atom. The number of aliphatic hydroxyl groups excluding tert-OH is 1. The lowest BCUT2D eigenvalue weighted by atomic mass is 9.92. The molecule has 3 atom stereocenters. The lowest BCUT2D eigenvalue weighted by Gasteiger charge is -2.41. The number of anilines is 2. The van der Waals surface area contributed by atoms with E-state index < -0.39 is 6.10 Å². The highest BCUT2D eigenvalue weighted by atomic mass is 16.3. The SMILES string of the molecule is C[C@H]1CN(c2ccncc2NC(=O)c2ccc3ccn(C4=CC=C4)c3n2)C[C@@H](NN)[C@@H]1O. The number of fused-ring (bicyclic) bond motifs is 1. The molecule has 0 saturated carbocycles. The van der Waals surface area contributed by atoms with Crippen molar-refractivity contribution in [3.05, 3.63) is 66.8 Å². The molecule has 1 amide bonds. The monoisotopic (exact) mass is 431 g/mol. The lowest BCUT2D eigenvalue weighted by Crippen LogP contribution is -2.59. The molecule has 5 rings (SSSR count). The average Bonchev–Trinajstić information content (AvgIpc) is 3.17. The Labute approximate surface area is 185 Å². The molecule has 0 radical (unpaired) electrons. The summed E-state index contributed by atoms with van der Waals surface area (Å²) in [5.41, 5.74) is 6.18. The molecule has 164 valence electrons. The molecule has 1 aliphatic heterocycles. The Hall–Kier alpha value is -3.53. The first-order valence-electron chi connectivity index (χ1n) is 10.6. The van der Waals surface area contributed by atoms with Gasteiger partial charge in [0.1, 0.15) is 11.3 Å². The molecule has 4 heterocycles. The van der Waals surface area contributed by atoms with E-state index in [9.17, 15) is 9.90 Å². The molecule has 1 saturated heterocycles. The molecule has 3 aromatic heterocycles. The fourth-order valence-corrected chi connectivity index (χ4v) is 4.25. The van der Waals surface area contributed by atoms with Crippen LogP contribution in [0, 0.1) is 5.92 Å². The number of nitrogens with zero attached hydrogens (tertiary/aromatic N) is 4. The fraction of sp³-hybridized carbons (Fsp3) is 0.261. The van der Waals surface area contributed by atoms with Crippen molar-refractivity contribution in [1.82, 2.24) is 20.0 Å². The van der Waals surface area contributed by atoms with Crippen molar-refractivity contribution in [3.8, 4) is 0 Å². The Morgan fingerprint density at radius 2 is 2.09 bits per heavy atom. The predicted molar refractivity (Wildman–Crippen MR) is 124 cm³/mol. The minimum absolute atomic E-state index is 0.00763. The van der Waals surface area contributed by atoms with Crippen LogP contribution in [0.5, 0.6) is 0 Å². The van der Waals surface area contributed by atoms with Crippen molar-refractivity contribution in [2.45, 2.75) is 19.1 Å². The van der Waals surface area contributed by atoms with Crippen LogP contribution in [0.1, 0.15) is 17.4 Å². The van der Waals surface area contributed by atoms with Gasteiger partial charge >= 0.3 is 0 Å². The molecule has 1 fully saturated rings. The van der Waals surface area contributed by atoms with E-state index in [2.05, 4.69) is 25.6 Å². The second kappa shape index (κ2) is 8.19. The van der Waals surface area contributed by atoms with Gasteiger partial charge in [-0.3, -0.25) is 21.0 Å². The number of aliphatic hydroxyl groups is 1. The van der Waals surface area contributed by atoms with E-state index in [1.165, 1.54) is 0 Å². The van der Waals surface area contributed by atoms with Crippen LogP contribution < -0.4 is 21.5 Å². The van der Waals surface area contributed by atoms with E-state index in [-0.39, 0.29) is 17.9 Å². The molecular formula is C23H25N7O2. The zero-order chi connectivity index (χ0) is 22.2.